The SMILES string of the molecule is CC(C)(C)c1ccc2[nH]c(C(=O)O)c(CNS(C)(=O)=O)c2c1. The Morgan fingerprint density at radius 2 is 1.95 bits per heavy atom. The Bertz CT molecular complexity index is 829. The molecule has 0 aliphatic heterocycles. The molecule has 0 atom stereocenters. The number of fused-ring (bicyclic) bond motifs is 1. The van der Waals surface area contributed by atoms with E-state index in [2.05, 4.69) is 30.5 Å². The molecule has 120 valence electrons. The number of aromatic nitrogens is 1. The molecule has 7 heteroatoms. The van der Waals surface area contributed by atoms with Crippen molar-refractivity contribution in [2.24, 2.45) is 0 Å². The van der Waals surface area contributed by atoms with Gasteiger partial charge in [0.05, 0.1) is 6.26 Å². The zero-order valence-corrected chi connectivity index (χ0v) is 13.8. The molecule has 0 fully saturated rings. The van der Waals surface area contributed by atoms with Crippen LogP contribution in [0.3, 0.4) is 0 Å². The Kier molecular flexibility index (Phi) is 4.06. The average molecular weight is 324 g/mol. The number of aromatic amines is 1. The van der Waals surface area contributed by atoms with Gasteiger partial charge in [-0.3, -0.25) is 0 Å². The molecular weight excluding hydrogens is 304 g/mol. The number of rotatable bonds is 4. The number of hydrogen-bond acceptors (Lipinski definition) is 3. The summed E-state index contributed by atoms with van der Waals surface area (Å²) in [6.45, 7) is 6.13. The minimum atomic E-state index is -3.41. The molecule has 6 nitrogen and oxygen atoms in total. The summed E-state index contributed by atoms with van der Waals surface area (Å²) in [6, 6.07) is 5.68. The molecule has 0 radical (unpaired) electrons. The summed E-state index contributed by atoms with van der Waals surface area (Å²) in [6.07, 6.45) is 1.04. The first-order chi connectivity index (χ1) is 9.99. The van der Waals surface area contributed by atoms with Crippen LogP contribution in [0.2, 0.25) is 0 Å². The molecule has 0 saturated heterocycles. The van der Waals surface area contributed by atoms with E-state index in [-0.39, 0.29) is 17.7 Å². The van der Waals surface area contributed by atoms with Crippen molar-refractivity contribution in [1.29, 1.82) is 0 Å². The monoisotopic (exact) mass is 324 g/mol. The first-order valence-corrected chi connectivity index (χ1v) is 8.71. The van der Waals surface area contributed by atoms with Crippen molar-refractivity contribution in [1.82, 2.24) is 9.71 Å². The highest BCUT2D eigenvalue weighted by Crippen LogP contribution is 2.29. The molecule has 0 unspecified atom stereocenters. The molecule has 2 rings (SSSR count). The predicted octanol–water partition coefficient (Wildman–Crippen LogP) is 2.21. The summed E-state index contributed by atoms with van der Waals surface area (Å²) in [5.41, 5.74) is 2.10. The van der Waals surface area contributed by atoms with Gasteiger partial charge in [0.25, 0.3) is 0 Å². The van der Waals surface area contributed by atoms with Crippen molar-refractivity contribution < 1.29 is 18.3 Å². The molecular formula is C15H20N2O4S. The first-order valence-electron chi connectivity index (χ1n) is 6.82. The van der Waals surface area contributed by atoms with Crippen LogP contribution in [-0.2, 0) is 22.0 Å². The highest BCUT2D eigenvalue weighted by Gasteiger charge is 2.20. The van der Waals surface area contributed by atoms with Crippen molar-refractivity contribution >= 4 is 26.9 Å². The van der Waals surface area contributed by atoms with Gasteiger partial charge < -0.3 is 10.1 Å². The Balaban J connectivity index is 2.62. The summed E-state index contributed by atoms with van der Waals surface area (Å²) < 4.78 is 25.0. The summed E-state index contributed by atoms with van der Waals surface area (Å²) in [7, 11) is -3.41. The molecule has 1 heterocycles. The molecule has 1 aromatic carbocycles. The van der Waals surface area contributed by atoms with Crippen LogP contribution in [0, 0.1) is 0 Å². The van der Waals surface area contributed by atoms with Gasteiger partial charge in [0.15, 0.2) is 0 Å². The summed E-state index contributed by atoms with van der Waals surface area (Å²) in [5, 5.41) is 10.0. The van der Waals surface area contributed by atoms with Crippen molar-refractivity contribution in [3.05, 3.63) is 35.0 Å². The number of aromatic carboxylic acids is 1. The van der Waals surface area contributed by atoms with Gasteiger partial charge >= 0.3 is 5.97 Å². The number of nitrogens with one attached hydrogen (secondary N) is 2. The maximum atomic E-state index is 11.4. The minimum Gasteiger partial charge on any atom is -0.477 e. The van der Waals surface area contributed by atoms with E-state index in [1.807, 2.05) is 18.2 Å². The fourth-order valence-electron chi connectivity index (χ4n) is 2.28. The lowest BCUT2D eigenvalue weighted by Crippen LogP contribution is -2.22. The summed E-state index contributed by atoms with van der Waals surface area (Å²) >= 11 is 0. The Labute approximate surface area is 129 Å². The highest BCUT2D eigenvalue weighted by atomic mass is 32.2. The number of H-pyrrole nitrogens is 1. The van der Waals surface area contributed by atoms with Gasteiger partial charge in [-0.25, -0.2) is 17.9 Å². The van der Waals surface area contributed by atoms with Gasteiger partial charge in [-0.2, -0.15) is 0 Å². The van der Waals surface area contributed by atoms with Gasteiger partial charge in [-0.05, 0) is 23.1 Å². The standard InChI is InChI=1S/C15H20N2O4S/c1-15(2,3)9-5-6-12-10(7-9)11(8-16-22(4,20)21)13(17-12)14(18)19/h5-7,16-17H,8H2,1-4H3,(H,18,19). The van der Waals surface area contributed by atoms with E-state index in [1.165, 1.54) is 0 Å². The van der Waals surface area contributed by atoms with Crippen LogP contribution < -0.4 is 4.72 Å². The van der Waals surface area contributed by atoms with E-state index in [0.717, 1.165) is 17.2 Å². The maximum Gasteiger partial charge on any atom is 0.352 e. The van der Waals surface area contributed by atoms with Gasteiger partial charge in [0.2, 0.25) is 10.0 Å². The fraction of sp³-hybridized carbons (Fsp3) is 0.400. The van der Waals surface area contributed by atoms with Crippen molar-refractivity contribution in [3.8, 4) is 0 Å². The Morgan fingerprint density at radius 3 is 2.45 bits per heavy atom. The molecule has 0 spiro atoms. The van der Waals surface area contributed by atoms with Gasteiger partial charge in [-0.1, -0.05) is 26.8 Å². The van der Waals surface area contributed by atoms with E-state index in [1.54, 1.807) is 0 Å². The fourth-order valence-corrected chi connectivity index (χ4v) is 2.69. The molecule has 0 saturated carbocycles. The Hall–Kier alpha value is -1.86. The van der Waals surface area contributed by atoms with Crippen LogP contribution in [-0.4, -0.2) is 30.7 Å². The molecule has 0 amide bonds. The van der Waals surface area contributed by atoms with Crippen molar-refractivity contribution in [3.63, 3.8) is 0 Å². The topological polar surface area (TPSA) is 99.3 Å². The second kappa shape index (κ2) is 5.40. The van der Waals surface area contributed by atoms with E-state index in [4.69, 9.17) is 0 Å². The number of carboxylic acid groups (broad SMARTS) is 1. The molecule has 1 aromatic heterocycles. The van der Waals surface area contributed by atoms with Gasteiger partial charge in [0, 0.05) is 23.0 Å². The van der Waals surface area contributed by atoms with Crippen LogP contribution in [0.5, 0.6) is 0 Å². The van der Waals surface area contributed by atoms with E-state index in [9.17, 15) is 18.3 Å². The highest BCUT2D eigenvalue weighted by molar-refractivity contribution is 7.88. The Morgan fingerprint density at radius 1 is 1.32 bits per heavy atom. The second-order valence-corrected chi connectivity index (χ2v) is 8.22. The number of hydrogen-bond donors (Lipinski definition) is 3. The number of carbonyl (C=O) groups is 1. The predicted molar refractivity (Wildman–Crippen MR) is 85.6 cm³/mol. The van der Waals surface area contributed by atoms with Crippen LogP contribution in [0.15, 0.2) is 18.2 Å². The lowest BCUT2D eigenvalue weighted by Gasteiger charge is -2.19. The molecule has 0 aliphatic carbocycles. The smallest absolute Gasteiger partial charge is 0.352 e. The van der Waals surface area contributed by atoms with Crippen LogP contribution in [0.1, 0.15) is 42.4 Å². The number of carboxylic acids is 1. The third-order valence-electron chi connectivity index (χ3n) is 3.50. The second-order valence-electron chi connectivity index (χ2n) is 6.39. The first kappa shape index (κ1) is 16.5. The molecule has 2 aromatic rings. The third-order valence-corrected chi connectivity index (χ3v) is 4.17. The van der Waals surface area contributed by atoms with Gasteiger partial charge in [0.1, 0.15) is 5.69 Å². The minimum absolute atomic E-state index is 0.0113. The normalized spacial score (nSPS) is 12.7. The van der Waals surface area contributed by atoms with Crippen molar-refractivity contribution in [2.45, 2.75) is 32.7 Å². The lowest BCUT2D eigenvalue weighted by molar-refractivity contribution is 0.0690. The van der Waals surface area contributed by atoms with Crippen LogP contribution in [0.4, 0.5) is 0 Å². The van der Waals surface area contributed by atoms with Crippen LogP contribution in [0.25, 0.3) is 10.9 Å². The quantitative estimate of drug-likeness (QED) is 0.803. The molecule has 3 N–H and O–H groups in total. The van der Waals surface area contributed by atoms with Gasteiger partial charge in [-0.15, -0.1) is 0 Å². The van der Waals surface area contributed by atoms with E-state index in [0.29, 0.717) is 11.1 Å². The zero-order valence-electron chi connectivity index (χ0n) is 13.0. The molecule has 0 bridgehead atoms. The van der Waals surface area contributed by atoms with Crippen LogP contribution >= 0.6 is 0 Å². The average Bonchev–Trinajstić information content (AvgIpc) is 2.72. The summed E-state index contributed by atoms with van der Waals surface area (Å²) in [5.74, 6) is -1.11. The third kappa shape index (κ3) is 3.48. The molecule has 0 aliphatic rings. The molecule has 22 heavy (non-hydrogen) atoms. The van der Waals surface area contributed by atoms with E-state index < -0.39 is 16.0 Å². The van der Waals surface area contributed by atoms with E-state index >= 15 is 0 Å². The van der Waals surface area contributed by atoms with Crippen molar-refractivity contribution in [2.75, 3.05) is 6.26 Å². The largest absolute Gasteiger partial charge is 0.477 e. The maximum absolute atomic E-state index is 11.4. The number of benzene rings is 1. The summed E-state index contributed by atoms with van der Waals surface area (Å²) in [4.78, 5) is 14.2. The zero-order chi connectivity index (χ0) is 16.7. The number of sulfonamides is 1. The lowest BCUT2D eigenvalue weighted by atomic mass is 9.86.